The van der Waals surface area contributed by atoms with Gasteiger partial charge in [-0.15, -0.1) is 0 Å². The van der Waals surface area contributed by atoms with Gasteiger partial charge in [0, 0.05) is 24.6 Å². The van der Waals surface area contributed by atoms with Crippen molar-refractivity contribution in [2.45, 2.75) is 13.3 Å². The van der Waals surface area contributed by atoms with Crippen molar-refractivity contribution in [1.82, 2.24) is 5.32 Å². The molecule has 0 aliphatic rings. The third-order valence-electron chi connectivity index (χ3n) is 2.13. The lowest BCUT2D eigenvalue weighted by molar-refractivity contribution is -0.118. The van der Waals surface area contributed by atoms with Crippen molar-refractivity contribution in [3.8, 4) is 5.75 Å². The van der Waals surface area contributed by atoms with Crippen LogP contribution in [0.1, 0.15) is 18.1 Å². The molecule has 0 atom stereocenters. The number of aliphatic hydroxyl groups excluding tert-OH is 1. The minimum atomic E-state index is -0.256. The standard InChI is InChI=1S/C11H13NO3S/c1-7(13)12-6-5-8-9(11(15)16)3-2-4-10(8)14/h2-4,14H,5-6H2,1H3,(H,12,13)(H,15,16). The fourth-order valence-electron chi connectivity index (χ4n) is 1.40. The number of nitrogens with one attached hydrogen (secondary N) is 1. The van der Waals surface area contributed by atoms with E-state index in [1.807, 2.05) is 0 Å². The summed E-state index contributed by atoms with van der Waals surface area (Å²) in [4.78, 5) is 10.7. The highest BCUT2D eigenvalue weighted by atomic mass is 32.1. The van der Waals surface area contributed by atoms with Gasteiger partial charge in [-0.05, 0) is 30.8 Å². The Morgan fingerprint density at radius 3 is 2.75 bits per heavy atom. The van der Waals surface area contributed by atoms with Crippen LogP contribution >= 0.6 is 12.2 Å². The quantitative estimate of drug-likeness (QED) is 0.693. The SMILES string of the molecule is CC(=O)NCCc1c(O)cccc1C(O)=S. The molecule has 3 N–H and O–H groups in total. The minimum absolute atomic E-state index is 0.0688. The molecule has 1 amide bonds. The van der Waals surface area contributed by atoms with Crippen LogP contribution in [0.25, 0.3) is 0 Å². The highest BCUT2D eigenvalue weighted by molar-refractivity contribution is 7.80. The van der Waals surface area contributed by atoms with E-state index in [-0.39, 0.29) is 16.7 Å². The number of hydrogen-bond donors (Lipinski definition) is 3. The molecular weight excluding hydrogens is 226 g/mol. The van der Waals surface area contributed by atoms with Gasteiger partial charge < -0.3 is 15.5 Å². The summed E-state index contributed by atoms with van der Waals surface area (Å²) >= 11 is 4.67. The van der Waals surface area contributed by atoms with Crippen molar-refractivity contribution in [2.24, 2.45) is 0 Å². The Morgan fingerprint density at radius 1 is 1.50 bits per heavy atom. The Kier molecular flexibility index (Phi) is 4.25. The molecule has 5 heteroatoms. The van der Waals surface area contributed by atoms with E-state index < -0.39 is 0 Å². The van der Waals surface area contributed by atoms with Crippen LogP contribution < -0.4 is 5.32 Å². The van der Waals surface area contributed by atoms with Crippen molar-refractivity contribution < 1.29 is 15.0 Å². The minimum Gasteiger partial charge on any atom is -0.508 e. The third kappa shape index (κ3) is 3.20. The molecule has 0 aliphatic heterocycles. The molecule has 0 saturated heterocycles. The number of carbonyl (C=O) groups is 1. The van der Waals surface area contributed by atoms with Gasteiger partial charge in [0.2, 0.25) is 5.91 Å². The molecule has 0 aliphatic carbocycles. The van der Waals surface area contributed by atoms with Crippen LogP contribution in [-0.4, -0.2) is 27.7 Å². The number of rotatable bonds is 4. The Hall–Kier alpha value is -1.62. The molecule has 16 heavy (non-hydrogen) atoms. The Bertz CT molecular complexity index is 418. The molecule has 4 nitrogen and oxygen atoms in total. The van der Waals surface area contributed by atoms with Gasteiger partial charge in [0.05, 0.1) is 0 Å². The zero-order valence-electron chi connectivity index (χ0n) is 8.86. The van der Waals surface area contributed by atoms with E-state index in [0.717, 1.165) is 0 Å². The largest absolute Gasteiger partial charge is 0.508 e. The summed E-state index contributed by atoms with van der Waals surface area (Å²) in [7, 11) is 0. The Morgan fingerprint density at radius 2 is 2.19 bits per heavy atom. The van der Waals surface area contributed by atoms with Crippen LogP contribution in [0.2, 0.25) is 0 Å². The van der Waals surface area contributed by atoms with Gasteiger partial charge >= 0.3 is 0 Å². The summed E-state index contributed by atoms with van der Waals surface area (Å²) in [6.45, 7) is 1.81. The number of benzene rings is 1. The van der Waals surface area contributed by atoms with Crippen molar-refractivity contribution in [1.29, 1.82) is 0 Å². The van der Waals surface area contributed by atoms with Crippen LogP contribution in [0.3, 0.4) is 0 Å². The summed E-state index contributed by atoms with van der Waals surface area (Å²) in [6, 6.07) is 4.76. The van der Waals surface area contributed by atoms with Crippen LogP contribution in [0, 0.1) is 0 Å². The molecule has 1 aromatic rings. The molecule has 1 rings (SSSR count). The fraction of sp³-hybridized carbons (Fsp3) is 0.273. The third-order valence-corrected chi connectivity index (χ3v) is 2.35. The number of aromatic hydroxyl groups is 1. The number of aliphatic hydroxyl groups is 1. The lowest BCUT2D eigenvalue weighted by Crippen LogP contribution is -2.23. The van der Waals surface area contributed by atoms with E-state index in [4.69, 9.17) is 0 Å². The lowest BCUT2D eigenvalue weighted by atomic mass is 10.0. The average molecular weight is 239 g/mol. The van der Waals surface area contributed by atoms with E-state index in [2.05, 4.69) is 17.5 Å². The van der Waals surface area contributed by atoms with E-state index >= 15 is 0 Å². The van der Waals surface area contributed by atoms with Gasteiger partial charge in [-0.1, -0.05) is 6.07 Å². The molecule has 0 spiro atoms. The zero-order chi connectivity index (χ0) is 12.1. The second-order valence-electron chi connectivity index (χ2n) is 3.34. The van der Waals surface area contributed by atoms with Crippen LogP contribution in [0.4, 0.5) is 0 Å². The molecular formula is C11H13NO3S. The molecule has 0 fully saturated rings. The Labute approximate surface area is 98.9 Å². The van der Waals surface area contributed by atoms with Crippen molar-refractivity contribution >= 4 is 23.2 Å². The first-order chi connectivity index (χ1) is 7.52. The van der Waals surface area contributed by atoms with Crippen molar-refractivity contribution in [2.75, 3.05) is 6.54 Å². The maximum Gasteiger partial charge on any atom is 0.216 e. The highest BCUT2D eigenvalue weighted by Crippen LogP contribution is 2.21. The van der Waals surface area contributed by atoms with Gasteiger partial charge in [0.25, 0.3) is 0 Å². The summed E-state index contributed by atoms with van der Waals surface area (Å²) in [6.07, 6.45) is 0.419. The first kappa shape index (κ1) is 12.4. The summed E-state index contributed by atoms with van der Waals surface area (Å²) in [5.41, 5.74) is 0.976. The maximum absolute atomic E-state index is 10.7. The summed E-state index contributed by atoms with van der Waals surface area (Å²) in [5, 5.41) is 21.2. The molecule has 1 aromatic carbocycles. The molecule has 0 radical (unpaired) electrons. The molecule has 0 bridgehead atoms. The van der Waals surface area contributed by atoms with Crippen molar-refractivity contribution in [3.05, 3.63) is 29.3 Å². The lowest BCUT2D eigenvalue weighted by Gasteiger charge is -2.09. The fourth-order valence-corrected chi connectivity index (χ4v) is 1.59. The number of amides is 1. The highest BCUT2D eigenvalue weighted by Gasteiger charge is 2.10. The molecule has 0 saturated carbocycles. The molecule has 86 valence electrons. The first-order valence-corrected chi connectivity index (χ1v) is 5.21. The molecule has 0 aromatic heterocycles. The number of hydrogen-bond acceptors (Lipinski definition) is 3. The van der Waals surface area contributed by atoms with E-state index in [9.17, 15) is 15.0 Å². The number of phenolic OH excluding ortho intramolecular Hbond substituents is 1. The van der Waals surface area contributed by atoms with E-state index in [1.165, 1.54) is 13.0 Å². The van der Waals surface area contributed by atoms with Gasteiger partial charge in [0.1, 0.15) is 5.75 Å². The molecule has 0 unspecified atom stereocenters. The van der Waals surface area contributed by atoms with Gasteiger partial charge in [0.15, 0.2) is 5.05 Å². The number of carbonyl (C=O) groups excluding carboxylic acids is 1. The summed E-state index contributed by atoms with van der Waals surface area (Å²) < 4.78 is 0. The number of phenols is 1. The second kappa shape index (κ2) is 5.46. The monoisotopic (exact) mass is 239 g/mol. The predicted octanol–water partition coefficient (Wildman–Crippen LogP) is 1.30. The maximum atomic E-state index is 10.7. The first-order valence-electron chi connectivity index (χ1n) is 4.81. The Balaban J connectivity index is 2.84. The normalized spacial score (nSPS) is 9.81. The van der Waals surface area contributed by atoms with Gasteiger partial charge in [-0.25, -0.2) is 0 Å². The number of thiocarbonyl (C=S) groups is 1. The smallest absolute Gasteiger partial charge is 0.216 e. The van der Waals surface area contributed by atoms with Crippen LogP contribution in [0.15, 0.2) is 18.2 Å². The van der Waals surface area contributed by atoms with Gasteiger partial charge in [-0.2, -0.15) is 0 Å². The van der Waals surface area contributed by atoms with E-state index in [1.54, 1.807) is 12.1 Å². The van der Waals surface area contributed by atoms with Gasteiger partial charge in [-0.3, -0.25) is 4.79 Å². The van der Waals surface area contributed by atoms with E-state index in [0.29, 0.717) is 24.1 Å². The average Bonchev–Trinajstić information content (AvgIpc) is 2.19. The van der Waals surface area contributed by atoms with Crippen LogP contribution in [0.5, 0.6) is 5.75 Å². The van der Waals surface area contributed by atoms with Crippen LogP contribution in [-0.2, 0) is 11.2 Å². The summed E-state index contributed by atoms with van der Waals surface area (Å²) in [5.74, 6) is -0.0669. The topological polar surface area (TPSA) is 69.6 Å². The van der Waals surface area contributed by atoms with Crippen molar-refractivity contribution in [3.63, 3.8) is 0 Å². The predicted molar refractivity (Wildman–Crippen MR) is 64.8 cm³/mol. The zero-order valence-corrected chi connectivity index (χ0v) is 9.67. The molecule has 0 heterocycles. The second-order valence-corrected chi connectivity index (χ2v) is 3.73.